The number of nitrogen functional groups attached to an aromatic ring is 1. The molecule has 0 aliphatic carbocycles. The molecule has 1 heterocycles. The summed E-state index contributed by atoms with van der Waals surface area (Å²) in [5.41, 5.74) is 7.07. The van der Waals surface area contributed by atoms with E-state index >= 15 is 0 Å². The zero-order chi connectivity index (χ0) is 20.1. The van der Waals surface area contributed by atoms with Gasteiger partial charge in [-0.2, -0.15) is 8.42 Å². The predicted octanol–water partition coefficient (Wildman–Crippen LogP) is 2.85. The number of rotatable bonds is 7. The third-order valence-electron chi connectivity index (χ3n) is 3.87. The Labute approximate surface area is 163 Å². The molecular formula is C20H20FN2O4S+. The van der Waals surface area contributed by atoms with Gasteiger partial charge in [-0.25, -0.2) is 8.96 Å². The highest BCUT2D eigenvalue weighted by Gasteiger charge is 2.21. The highest BCUT2D eigenvalue weighted by Crippen LogP contribution is 2.26. The fourth-order valence-corrected chi connectivity index (χ4v) is 3.54. The first-order chi connectivity index (χ1) is 13.3. The summed E-state index contributed by atoms with van der Waals surface area (Å²) in [6.45, 7) is 2.72. The minimum Gasteiger partial charge on any atom is -0.487 e. The summed E-state index contributed by atoms with van der Waals surface area (Å²) in [7, 11) is -4.29. The number of aryl methyl sites for hydroxylation is 1. The molecule has 6 nitrogen and oxygen atoms in total. The van der Waals surface area contributed by atoms with Crippen molar-refractivity contribution in [3.8, 4) is 11.5 Å². The van der Waals surface area contributed by atoms with Crippen LogP contribution in [0, 0.1) is 12.7 Å². The van der Waals surface area contributed by atoms with Gasteiger partial charge in [0.2, 0.25) is 0 Å². The van der Waals surface area contributed by atoms with Gasteiger partial charge in [0.25, 0.3) is 0 Å². The lowest BCUT2D eigenvalue weighted by Gasteiger charge is -2.11. The van der Waals surface area contributed by atoms with Crippen molar-refractivity contribution >= 4 is 15.8 Å². The molecule has 0 fully saturated rings. The highest BCUT2D eigenvalue weighted by atomic mass is 32.2. The number of ether oxygens (including phenoxy) is 1. The van der Waals surface area contributed by atoms with Crippen molar-refractivity contribution in [2.45, 2.75) is 18.4 Å². The van der Waals surface area contributed by atoms with Gasteiger partial charge in [-0.15, -0.1) is 0 Å². The normalized spacial score (nSPS) is 11.2. The van der Waals surface area contributed by atoms with E-state index in [1.807, 2.05) is 17.0 Å². The number of nitrogens with two attached hydrogens (primary N) is 1. The molecule has 0 aliphatic rings. The second kappa shape index (κ2) is 8.26. The van der Waals surface area contributed by atoms with Crippen molar-refractivity contribution in [2.24, 2.45) is 0 Å². The molecular weight excluding hydrogens is 383 g/mol. The topological polar surface area (TPSA) is 82.5 Å². The van der Waals surface area contributed by atoms with E-state index in [0.717, 1.165) is 17.7 Å². The average Bonchev–Trinajstić information content (AvgIpc) is 2.63. The van der Waals surface area contributed by atoms with Gasteiger partial charge in [-0.3, -0.25) is 0 Å². The molecule has 0 radical (unpaired) electrons. The molecule has 28 heavy (non-hydrogen) atoms. The van der Waals surface area contributed by atoms with E-state index in [1.165, 1.54) is 18.2 Å². The second-order valence-corrected chi connectivity index (χ2v) is 7.68. The van der Waals surface area contributed by atoms with Crippen LogP contribution in [0.3, 0.4) is 0 Å². The molecule has 0 atom stereocenters. The second-order valence-electron chi connectivity index (χ2n) is 6.17. The summed E-state index contributed by atoms with van der Waals surface area (Å²) >= 11 is 0. The van der Waals surface area contributed by atoms with Crippen LogP contribution in [0.2, 0.25) is 0 Å². The predicted molar refractivity (Wildman–Crippen MR) is 102 cm³/mol. The Morgan fingerprint density at radius 1 is 1.04 bits per heavy atom. The van der Waals surface area contributed by atoms with Crippen LogP contribution in [-0.2, 0) is 16.7 Å². The van der Waals surface area contributed by atoms with E-state index in [1.54, 1.807) is 31.2 Å². The number of halogens is 1. The van der Waals surface area contributed by atoms with E-state index in [9.17, 15) is 12.8 Å². The maximum atomic E-state index is 13.8. The maximum Gasteiger partial charge on any atom is 0.342 e. The third-order valence-corrected chi connectivity index (χ3v) is 5.15. The Morgan fingerprint density at radius 2 is 1.71 bits per heavy atom. The third kappa shape index (κ3) is 4.98. The molecule has 3 rings (SSSR count). The Bertz CT molecular complexity index is 1070. The van der Waals surface area contributed by atoms with E-state index in [4.69, 9.17) is 14.7 Å². The quantitative estimate of drug-likeness (QED) is 0.485. The largest absolute Gasteiger partial charge is 0.487 e. The van der Waals surface area contributed by atoms with Crippen LogP contribution in [0.25, 0.3) is 0 Å². The minimum atomic E-state index is -4.29. The number of anilines is 1. The molecule has 0 unspecified atom stereocenters. The van der Waals surface area contributed by atoms with Crippen LogP contribution in [0.4, 0.5) is 10.1 Å². The van der Waals surface area contributed by atoms with Crippen LogP contribution >= 0.6 is 0 Å². The average molecular weight is 403 g/mol. The van der Waals surface area contributed by atoms with Crippen LogP contribution in [0.1, 0.15) is 5.56 Å². The van der Waals surface area contributed by atoms with Crippen LogP contribution in [-0.4, -0.2) is 15.0 Å². The van der Waals surface area contributed by atoms with Crippen molar-refractivity contribution in [3.63, 3.8) is 0 Å². The first-order valence-electron chi connectivity index (χ1n) is 8.51. The van der Waals surface area contributed by atoms with E-state index in [0.29, 0.717) is 24.6 Å². The molecule has 2 N–H and O–H groups in total. The number of nitrogens with zero attached hydrogens (tertiary/aromatic N) is 1. The summed E-state index contributed by atoms with van der Waals surface area (Å²) in [6, 6.07) is 13.4. The SMILES string of the molecule is Cc1cc(OCC[n+]2ccc(N)cc2)cc(OS(=O)(=O)c2ccccc2F)c1. The first-order valence-corrected chi connectivity index (χ1v) is 9.92. The van der Waals surface area contributed by atoms with Crippen LogP contribution in [0.5, 0.6) is 11.5 Å². The molecule has 0 saturated carbocycles. The summed E-state index contributed by atoms with van der Waals surface area (Å²) in [5, 5.41) is 0. The fourth-order valence-electron chi connectivity index (χ4n) is 2.55. The number of aromatic nitrogens is 1. The molecule has 1 aromatic heterocycles. The molecule has 0 aliphatic heterocycles. The standard InChI is InChI=1S/C20H19FN2O4S/c1-15-12-17(26-11-10-23-8-6-16(22)7-9-23)14-18(13-15)27-28(24,25)20-5-3-2-4-19(20)21/h2-9,12-14,22H,10-11H2,1H3/p+1. The van der Waals surface area contributed by atoms with Gasteiger partial charge in [0.05, 0.1) is 0 Å². The van der Waals surface area contributed by atoms with Crippen molar-refractivity contribution < 1.29 is 26.3 Å². The van der Waals surface area contributed by atoms with Crippen molar-refractivity contribution in [3.05, 3.63) is 78.4 Å². The Morgan fingerprint density at radius 3 is 2.43 bits per heavy atom. The van der Waals surface area contributed by atoms with Crippen molar-refractivity contribution in [1.29, 1.82) is 0 Å². The number of pyridine rings is 1. The Kier molecular flexibility index (Phi) is 5.79. The number of hydrogen-bond acceptors (Lipinski definition) is 5. The molecule has 0 amide bonds. The lowest BCUT2D eigenvalue weighted by Crippen LogP contribution is -2.35. The van der Waals surface area contributed by atoms with Gasteiger partial charge in [0.1, 0.15) is 28.8 Å². The summed E-state index contributed by atoms with van der Waals surface area (Å²) in [5.74, 6) is -0.361. The minimum absolute atomic E-state index is 0.0541. The van der Waals surface area contributed by atoms with Crippen molar-refractivity contribution in [2.75, 3.05) is 12.3 Å². The van der Waals surface area contributed by atoms with Gasteiger partial charge >= 0.3 is 10.1 Å². The maximum absolute atomic E-state index is 13.8. The van der Waals surface area contributed by atoms with Gasteiger partial charge < -0.3 is 14.7 Å². The smallest absolute Gasteiger partial charge is 0.342 e. The zero-order valence-corrected chi connectivity index (χ0v) is 16.0. The lowest BCUT2D eigenvalue weighted by molar-refractivity contribution is -0.697. The van der Waals surface area contributed by atoms with E-state index < -0.39 is 20.8 Å². The Hall–Kier alpha value is -3.13. The summed E-state index contributed by atoms with van der Waals surface area (Å²) in [6.07, 6.45) is 3.68. The molecule has 2 aromatic carbocycles. The van der Waals surface area contributed by atoms with Gasteiger partial charge in [-0.1, -0.05) is 12.1 Å². The zero-order valence-electron chi connectivity index (χ0n) is 15.2. The first kappa shape index (κ1) is 19.6. The molecule has 8 heteroatoms. The molecule has 146 valence electrons. The monoisotopic (exact) mass is 403 g/mol. The van der Waals surface area contributed by atoms with Crippen LogP contribution < -0.4 is 19.2 Å². The summed E-state index contributed by atoms with van der Waals surface area (Å²) < 4.78 is 51.2. The summed E-state index contributed by atoms with van der Waals surface area (Å²) in [4.78, 5) is -0.515. The molecule has 0 spiro atoms. The van der Waals surface area contributed by atoms with Gasteiger partial charge in [-0.05, 0) is 36.8 Å². The lowest BCUT2D eigenvalue weighted by atomic mass is 10.2. The van der Waals surface area contributed by atoms with Crippen molar-refractivity contribution in [1.82, 2.24) is 0 Å². The molecule has 0 bridgehead atoms. The Balaban J connectivity index is 1.70. The van der Waals surface area contributed by atoms with E-state index in [2.05, 4.69) is 0 Å². The molecule has 0 saturated heterocycles. The molecule has 3 aromatic rings. The van der Waals surface area contributed by atoms with Crippen LogP contribution in [0.15, 0.2) is 71.9 Å². The highest BCUT2D eigenvalue weighted by molar-refractivity contribution is 7.87. The van der Waals surface area contributed by atoms with Gasteiger partial charge in [0.15, 0.2) is 18.9 Å². The number of benzene rings is 2. The van der Waals surface area contributed by atoms with Gasteiger partial charge in [0, 0.05) is 23.9 Å². The van der Waals surface area contributed by atoms with E-state index in [-0.39, 0.29) is 5.75 Å². The number of hydrogen-bond donors (Lipinski definition) is 1. The fraction of sp³-hybridized carbons (Fsp3) is 0.150.